The number of hydrogen-bond acceptors (Lipinski definition) is 7. The summed E-state index contributed by atoms with van der Waals surface area (Å²) in [6.07, 6.45) is 0. The van der Waals surface area contributed by atoms with Crippen molar-refractivity contribution >= 4 is 18.6 Å². The molecule has 0 rings (SSSR count). The number of hydrogen-bond donors (Lipinski definition) is 4. The SMILES string of the molecule is CCO[SiH](OCC)OCC.O[Si](O)(O)O. The Labute approximate surface area is 92.3 Å². The summed E-state index contributed by atoms with van der Waals surface area (Å²) in [7, 11) is -6.34. The van der Waals surface area contributed by atoms with E-state index in [2.05, 4.69) is 0 Å². The highest BCUT2D eigenvalue weighted by molar-refractivity contribution is 6.46. The van der Waals surface area contributed by atoms with Gasteiger partial charge in [-0.25, -0.2) is 0 Å². The summed E-state index contributed by atoms with van der Waals surface area (Å²) < 4.78 is 15.7. The monoisotopic (exact) mass is 260 g/mol. The minimum Gasteiger partial charge on any atom is -0.376 e. The van der Waals surface area contributed by atoms with Gasteiger partial charge in [0, 0.05) is 19.8 Å². The van der Waals surface area contributed by atoms with Crippen LogP contribution in [0.25, 0.3) is 0 Å². The Kier molecular flexibility index (Phi) is 12.5. The summed E-state index contributed by atoms with van der Waals surface area (Å²) in [5.74, 6) is 0. The third kappa shape index (κ3) is 25.0. The Morgan fingerprint density at radius 3 is 1.13 bits per heavy atom. The van der Waals surface area contributed by atoms with Gasteiger partial charge in [0.25, 0.3) is 0 Å². The van der Waals surface area contributed by atoms with Crippen LogP contribution in [0.4, 0.5) is 0 Å². The zero-order valence-electron chi connectivity index (χ0n) is 9.21. The van der Waals surface area contributed by atoms with Gasteiger partial charge in [-0.2, -0.15) is 0 Å². The van der Waals surface area contributed by atoms with Gasteiger partial charge in [0.05, 0.1) is 0 Å². The van der Waals surface area contributed by atoms with Crippen molar-refractivity contribution in [3.63, 3.8) is 0 Å². The molecule has 94 valence electrons. The third-order valence-corrected chi connectivity index (χ3v) is 2.72. The molecule has 0 aromatic rings. The minimum absolute atomic E-state index is 0.677. The average Bonchev–Trinajstić information content (AvgIpc) is 2.02. The third-order valence-electron chi connectivity index (χ3n) is 0.908. The van der Waals surface area contributed by atoms with Crippen LogP contribution in [0.1, 0.15) is 20.8 Å². The van der Waals surface area contributed by atoms with Gasteiger partial charge in [0.2, 0.25) is 0 Å². The highest BCUT2D eigenvalue weighted by atomic mass is 28.4. The van der Waals surface area contributed by atoms with E-state index in [0.29, 0.717) is 19.8 Å². The summed E-state index contributed by atoms with van der Waals surface area (Å²) in [4.78, 5) is 29.3. The second kappa shape index (κ2) is 10.7. The fourth-order valence-electron chi connectivity index (χ4n) is 0.553. The van der Waals surface area contributed by atoms with Crippen molar-refractivity contribution in [3.8, 4) is 0 Å². The van der Waals surface area contributed by atoms with E-state index in [4.69, 9.17) is 32.5 Å². The van der Waals surface area contributed by atoms with Crippen LogP contribution in [0.5, 0.6) is 0 Å². The maximum absolute atomic E-state index is 7.33. The lowest BCUT2D eigenvalue weighted by Gasteiger charge is -2.12. The fourth-order valence-corrected chi connectivity index (χ4v) is 1.66. The van der Waals surface area contributed by atoms with Gasteiger partial charge in [-0.3, -0.25) is 0 Å². The van der Waals surface area contributed by atoms with E-state index >= 15 is 0 Å². The van der Waals surface area contributed by atoms with Crippen LogP contribution >= 0.6 is 0 Å². The molecule has 4 N–H and O–H groups in total. The number of rotatable bonds is 6. The Bertz CT molecular complexity index is 109. The van der Waals surface area contributed by atoms with Crippen molar-refractivity contribution in [3.05, 3.63) is 0 Å². The van der Waals surface area contributed by atoms with Gasteiger partial charge in [-0.1, -0.05) is 0 Å². The molecule has 0 bridgehead atoms. The molecular formula is C6H20O7Si2. The molecule has 0 saturated heterocycles. The molecule has 0 aliphatic rings. The van der Waals surface area contributed by atoms with Crippen molar-refractivity contribution in [1.82, 2.24) is 0 Å². The zero-order chi connectivity index (χ0) is 12.3. The minimum atomic E-state index is -4.61. The maximum atomic E-state index is 7.33. The molecule has 0 aromatic heterocycles. The first-order valence-corrected chi connectivity index (χ1v) is 7.79. The molecule has 7 nitrogen and oxygen atoms in total. The van der Waals surface area contributed by atoms with Crippen molar-refractivity contribution < 1.29 is 32.5 Å². The predicted octanol–water partition coefficient (Wildman–Crippen LogP) is -1.80. The van der Waals surface area contributed by atoms with Crippen LogP contribution in [0.15, 0.2) is 0 Å². The molecule has 0 aliphatic carbocycles. The van der Waals surface area contributed by atoms with Gasteiger partial charge >= 0.3 is 18.6 Å². The Balaban J connectivity index is 0. The zero-order valence-corrected chi connectivity index (χ0v) is 11.4. The normalized spacial score (nSPS) is 11.2. The molecular weight excluding hydrogens is 240 g/mol. The van der Waals surface area contributed by atoms with Gasteiger partial charge in [-0.15, -0.1) is 0 Å². The molecule has 0 amide bonds. The Morgan fingerprint density at radius 2 is 1.00 bits per heavy atom. The highest BCUT2D eigenvalue weighted by Gasteiger charge is 2.22. The molecule has 9 heteroatoms. The summed E-state index contributed by atoms with van der Waals surface area (Å²) in [5, 5.41) is 0. The lowest BCUT2D eigenvalue weighted by Crippen LogP contribution is -2.33. The summed E-state index contributed by atoms with van der Waals surface area (Å²) >= 11 is 0. The smallest absolute Gasteiger partial charge is 0.376 e. The Morgan fingerprint density at radius 1 is 0.800 bits per heavy atom. The first-order valence-electron chi connectivity index (χ1n) is 4.59. The topological polar surface area (TPSA) is 109 Å². The second-order valence-corrected chi connectivity index (χ2v) is 5.03. The molecule has 0 atom stereocenters. The second-order valence-electron chi connectivity index (χ2n) is 2.25. The molecule has 0 radical (unpaired) electrons. The standard InChI is InChI=1S/C6H16O3Si.H4O4Si/c1-4-7-10(8-5-2)9-6-3;1-5(2,3)4/h10H,4-6H2,1-3H3;1-4H. The molecule has 0 heterocycles. The average molecular weight is 260 g/mol. The summed E-state index contributed by atoms with van der Waals surface area (Å²) in [6, 6.07) is 0. The lowest BCUT2D eigenvalue weighted by atomic mass is 10.9. The van der Waals surface area contributed by atoms with Crippen molar-refractivity contribution in [2.75, 3.05) is 19.8 Å². The molecule has 15 heavy (non-hydrogen) atoms. The first kappa shape index (κ1) is 17.5. The van der Waals surface area contributed by atoms with Crippen LogP contribution in [0.3, 0.4) is 0 Å². The quantitative estimate of drug-likeness (QED) is 0.417. The molecule has 0 fully saturated rings. The molecule has 0 unspecified atom stereocenters. The maximum Gasteiger partial charge on any atom is 0.668 e. The first-order chi connectivity index (χ1) is 6.85. The Hall–Kier alpha value is 0.154. The van der Waals surface area contributed by atoms with E-state index in [1.807, 2.05) is 20.8 Å². The van der Waals surface area contributed by atoms with Crippen LogP contribution in [0, 0.1) is 0 Å². The van der Waals surface area contributed by atoms with Gasteiger partial charge < -0.3 is 32.5 Å². The van der Waals surface area contributed by atoms with E-state index in [1.165, 1.54) is 0 Å². The molecule has 0 saturated carbocycles. The van der Waals surface area contributed by atoms with Gasteiger partial charge in [0.1, 0.15) is 0 Å². The lowest BCUT2D eigenvalue weighted by molar-refractivity contribution is 0.107. The molecule has 0 aromatic carbocycles. The van der Waals surface area contributed by atoms with Crippen molar-refractivity contribution in [2.45, 2.75) is 20.8 Å². The van der Waals surface area contributed by atoms with Crippen LogP contribution in [0.2, 0.25) is 0 Å². The van der Waals surface area contributed by atoms with Gasteiger partial charge in [0.15, 0.2) is 0 Å². The van der Waals surface area contributed by atoms with E-state index in [0.717, 1.165) is 0 Å². The van der Waals surface area contributed by atoms with Crippen molar-refractivity contribution in [2.24, 2.45) is 0 Å². The summed E-state index contributed by atoms with van der Waals surface area (Å²) in [5.41, 5.74) is 0. The summed E-state index contributed by atoms with van der Waals surface area (Å²) in [6.45, 7) is 7.86. The molecule has 0 spiro atoms. The van der Waals surface area contributed by atoms with E-state index in [9.17, 15) is 0 Å². The fraction of sp³-hybridized carbons (Fsp3) is 1.00. The van der Waals surface area contributed by atoms with Crippen LogP contribution in [-0.4, -0.2) is 57.6 Å². The molecule has 0 aliphatic heterocycles. The van der Waals surface area contributed by atoms with Crippen LogP contribution in [-0.2, 0) is 13.3 Å². The van der Waals surface area contributed by atoms with E-state index < -0.39 is 18.6 Å². The highest BCUT2D eigenvalue weighted by Crippen LogP contribution is 1.91. The largest absolute Gasteiger partial charge is 0.668 e. The van der Waals surface area contributed by atoms with Gasteiger partial charge in [-0.05, 0) is 20.8 Å². The van der Waals surface area contributed by atoms with Crippen LogP contribution < -0.4 is 0 Å². The van der Waals surface area contributed by atoms with E-state index in [-0.39, 0.29) is 0 Å². The van der Waals surface area contributed by atoms with E-state index in [1.54, 1.807) is 0 Å². The predicted molar refractivity (Wildman–Crippen MR) is 56.7 cm³/mol. The van der Waals surface area contributed by atoms with Crippen molar-refractivity contribution in [1.29, 1.82) is 0 Å².